The highest BCUT2D eigenvalue weighted by atomic mass is 16.5. The lowest BCUT2D eigenvalue weighted by Crippen LogP contribution is -2.52. The van der Waals surface area contributed by atoms with Crippen molar-refractivity contribution in [1.82, 2.24) is 10.2 Å². The van der Waals surface area contributed by atoms with Crippen molar-refractivity contribution in [2.75, 3.05) is 32.8 Å². The summed E-state index contributed by atoms with van der Waals surface area (Å²) in [5.74, 6) is 0.366. The van der Waals surface area contributed by atoms with Crippen LogP contribution >= 0.6 is 0 Å². The van der Waals surface area contributed by atoms with Gasteiger partial charge >= 0.3 is 0 Å². The predicted octanol–water partition coefficient (Wildman–Crippen LogP) is 0.505. The number of rotatable bonds is 7. The maximum Gasteiger partial charge on any atom is 0.223 e. The molecule has 0 saturated carbocycles. The van der Waals surface area contributed by atoms with Gasteiger partial charge in [0.2, 0.25) is 11.8 Å². The Hall–Kier alpha value is -1.14. The quantitative estimate of drug-likeness (QED) is 0.717. The van der Waals surface area contributed by atoms with Crippen molar-refractivity contribution < 1.29 is 14.3 Å². The zero-order chi connectivity index (χ0) is 15.9. The zero-order valence-corrected chi connectivity index (χ0v) is 13.5. The minimum atomic E-state index is -0.396. The van der Waals surface area contributed by atoms with Gasteiger partial charge in [-0.3, -0.25) is 9.59 Å². The number of hydrogen-bond donors (Lipinski definition) is 2. The van der Waals surface area contributed by atoms with E-state index in [2.05, 4.69) is 19.2 Å². The maximum atomic E-state index is 12.0. The molecule has 0 aliphatic carbocycles. The maximum absolute atomic E-state index is 12.0. The molecule has 0 aromatic carbocycles. The van der Waals surface area contributed by atoms with Gasteiger partial charge < -0.3 is 20.7 Å². The van der Waals surface area contributed by atoms with Crippen LogP contribution in [0, 0.1) is 5.92 Å². The molecule has 0 radical (unpaired) electrons. The summed E-state index contributed by atoms with van der Waals surface area (Å²) < 4.78 is 5.21. The zero-order valence-electron chi connectivity index (χ0n) is 13.5. The van der Waals surface area contributed by atoms with Crippen LogP contribution < -0.4 is 11.1 Å². The molecule has 3 N–H and O–H groups in total. The molecule has 122 valence electrons. The summed E-state index contributed by atoms with van der Waals surface area (Å²) in [6.07, 6.45) is 1.28. The molecule has 6 heteroatoms. The monoisotopic (exact) mass is 299 g/mol. The molecule has 1 rings (SSSR count). The smallest absolute Gasteiger partial charge is 0.223 e. The van der Waals surface area contributed by atoms with Crippen LogP contribution in [0.5, 0.6) is 0 Å². The molecular weight excluding hydrogens is 270 g/mol. The minimum Gasteiger partial charge on any atom is -0.378 e. The van der Waals surface area contributed by atoms with E-state index in [-0.39, 0.29) is 24.7 Å². The van der Waals surface area contributed by atoms with Crippen LogP contribution in [0.1, 0.15) is 40.0 Å². The Morgan fingerprint density at radius 3 is 2.43 bits per heavy atom. The molecule has 0 aromatic rings. The highest BCUT2D eigenvalue weighted by Gasteiger charge is 2.26. The van der Waals surface area contributed by atoms with Gasteiger partial charge in [0.1, 0.15) is 0 Å². The van der Waals surface area contributed by atoms with E-state index in [9.17, 15) is 9.59 Å². The molecule has 21 heavy (non-hydrogen) atoms. The summed E-state index contributed by atoms with van der Waals surface area (Å²) >= 11 is 0. The van der Waals surface area contributed by atoms with Gasteiger partial charge in [-0.2, -0.15) is 0 Å². The van der Waals surface area contributed by atoms with Crippen LogP contribution in [0.2, 0.25) is 0 Å². The lowest BCUT2D eigenvalue weighted by molar-refractivity contribution is -0.137. The van der Waals surface area contributed by atoms with Gasteiger partial charge in [-0.1, -0.05) is 13.8 Å². The molecule has 1 heterocycles. The molecule has 1 unspecified atom stereocenters. The Labute approximate surface area is 127 Å². The molecule has 0 bridgehead atoms. The van der Waals surface area contributed by atoms with Crippen molar-refractivity contribution in [3.05, 3.63) is 0 Å². The average molecular weight is 299 g/mol. The Bertz CT molecular complexity index is 354. The normalized spacial score (nSPS) is 18.4. The van der Waals surface area contributed by atoms with E-state index >= 15 is 0 Å². The summed E-state index contributed by atoms with van der Waals surface area (Å²) in [5, 5.41) is 2.97. The molecule has 0 spiro atoms. The Morgan fingerprint density at radius 2 is 1.90 bits per heavy atom. The Morgan fingerprint density at radius 1 is 1.29 bits per heavy atom. The molecule has 1 atom stereocenters. The average Bonchev–Trinajstić information content (AvgIpc) is 2.44. The predicted molar refractivity (Wildman–Crippen MR) is 81.7 cm³/mol. The second-order valence-electron chi connectivity index (χ2n) is 6.40. The molecule has 0 aromatic heterocycles. The number of carbonyl (C=O) groups is 2. The van der Waals surface area contributed by atoms with E-state index in [1.54, 1.807) is 4.90 Å². The number of nitrogens with zero attached hydrogens (tertiary/aromatic N) is 1. The van der Waals surface area contributed by atoms with E-state index in [1.807, 2.05) is 6.92 Å². The molecule has 1 fully saturated rings. The fraction of sp³-hybridized carbons (Fsp3) is 0.867. The van der Waals surface area contributed by atoms with Gasteiger partial charge in [-0.05, 0) is 19.3 Å². The van der Waals surface area contributed by atoms with Crippen LogP contribution in [0.15, 0.2) is 0 Å². The summed E-state index contributed by atoms with van der Waals surface area (Å²) in [5.41, 5.74) is 5.38. The lowest BCUT2D eigenvalue weighted by atomic mass is 9.90. The van der Waals surface area contributed by atoms with Gasteiger partial charge in [-0.15, -0.1) is 0 Å². The second-order valence-corrected chi connectivity index (χ2v) is 6.40. The highest BCUT2D eigenvalue weighted by Crippen LogP contribution is 2.15. The number of carbonyl (C=O) groups excluding carboxylic acids is 2. The SMILES string of the molecule is CC(C)CC(C)(CN)NC(=O)CCC(=O)N1CCOCC1. The lowest BCUT2D eigenvalue weighted by Gasteiger charge is -2.31. The number of hydrogen-bond acceptors (Lipinski definition) is 4. The van der Waals surface area contributed by atoms with E-state index in [1.165, 1.54) is 0 Å². The Kier molecular flexibility index (Phi) is 7.11. The summed E-state index contributed by atoms with van der Waals surface area (Å²) in [7, 11) is 0. The number of nitrogens with two attached hydrogens (primary N) is 1. The van der Waals surface area contributed by atoms with Crippen LogP contribution in [-0.2, 0) is 14.3 Å². The first-order valence-electron chi connectivity index (χ1n) is 7.73. The topological polar surface area (TPSA) is 84.7 Å². The van der Waals surface area contributed by atoms with E-state index in [0.717, 1.165) is 6.42 Å². The van der Waals surface area contributed by atoms with Crippen LogP contribution in [0.4, 0.5) is 0 Å². The van der Waals surface area contributed by atoms with Gasteiger partial charge in [-0.25, -0.2) is 0 Å². The number of morpholine rings is 1. The van der Waals surface area contributed by atoms with Gasteiger partial charge in [0.15, 0.2) is 0 Å². The van der Waals surface area contributed by atoms with Crippen LogP contribution in [0.25, 0.3) is 0 Å². The first kappa shape index (κ1) is 17.9. The first-order chi connectivity index (χ1) is 9.86. The second kappa shape index (κ2) is 8.34. The van der Waals surface area contributed by atoms with Crippen molar-refractivity contribution in [3.8, 4) is 0 Å². The van der Waals surface area contributed by atoms with Crippen molar-refractivity contribution in [2.45, 2.75) is 45.6 Å². The van der Waals surface area contributed by atoms with E-state index < -0.39 is 5.54 Å². The minimum absolute atomic E-state index is 0.0201. The van der Waals surface area contributed by atoms with Crippen LogP contribution in [0.3, 0.4) is 0 Å². The third-order valence-electron chi connectivity index (χ3n) is 3.68. The van der Waals surface area contributed by atoms with Crippen molar-refractivity contribution >= 4 is 11.8 Å². The molecule has 1 saturated heterocycles. The van der Waals surface area contributed by atoms with Gasteiger partial charge in [0, 0.05) is 38.0 Å². The van der Waals surface area contributed by atoms with Gasteiger partial charge in [0.05, 0.1) is 13.2 Å². The summed E-state index contributed by atoms with van der Waals surface area (Å²) in [6.45, 7) is 8.95. The molecule has 2 amide bonds. The third-order valence-corrected chi connectivity index (χ3v) is 3.68. The summed E-state index contributed by atoms with van der Waals surface area (Å²) in [4.78, 5) is 25.8. The Balaban J connectivity index is 2.36. The van der Waals surface area contributed by atoms with Crippen molar-refractivity contribution in [2.24, 2.45) is 11.7 Å². The molecular formula is C15H29N3O3. The van der Waals surface area contributed by atoms with Gasteiger partial charge in [0.25, 0.3) is 0 Å². The number of ether oxygens (including phenoxy) is 1. The standard InChI is InChI=1S/C15H29N3O3/c1-12(2)10-15(3,11-16)17-13(19)4-5-14(20)18-6-8-21-9-7-18/h12H,4-11,16H2,1-3H3,(H,17,19). The fourth-order valence-electron chi connectivity index (χ4n) is 2.68. The molecule has 6 nitrogen and oxygen atoms in total. The summed E-state index contributed by atoms with van der Waals surface area (Å²) in [6, 6.07) is 0. The van der Waals surface area contributed by atoms with Crippen molar-refractivity contribution in [3.63, 3.8) is 0 Å². The molecule has 1 aliphatic rings. The van der Waals surface area contributed by atoms with Crippen LogP contribution in [-0.4, -0.2) is 55.1 Å². The van der Waals surface area contributed by atoms with E-state index in [0.29, 0.717) is 38.8 Å². The highest BCUT2D eigenvalue weighted by molar-refractivity contribution is 5.84. The largest absolute Gasteiger partial charge is 0.378 e. The third kappa shape index (κ3) is 6.44. The number of amides is 2. The molecule has 1 aliphatic heterocycles. The van der Waals surface area contributed by atoms with Crippen molar-refractivity contribution in [1.29, 1.82) is 0 Å². The number of nitrogens with one attached hydrogen (secondary N) is 1. The fourth-order valence-corrected chi connectivity index (χ4v) is 2.68. The van der Waals surface area contributed by atoms with E-state index in [4.69, 9.17) is 10.5 Å². The first-order valence-corrected chi connectivity index (χ1v) is 7.73.